The zero-order valence-corrected chi connectivity index (χ0v) is 17.6. The van der Waals surface area contributed by atoms with E-state index in [2.05, 4.69) is 0 Å². The van der Waals surface area contributed by atoms with Crippen molar-refractivity contribution >= 4 is 39.0 Å². The molecule has 154 valence electrons. The van der Waals surface area contributed by atoms with Crippen LogP contribution in [0, 0.1) is 0 Å². The maximum absolute atomic E-state index is 13.2. The minimum absolute atomic E-state index is 0.0405. The van der Waals surface area contributed by atoms with Gasteiger partial charge in [-0.1, -0.05) is 53.3 Å². The minimum Gasteiger partial charge on any atom is -0.460 e. The van der Waals surface area contributed by atoms with Crippen LogP contribution >= 0.6 is 22.9 Å². The number of methoxy groups -OCH3 is 1. The smallest absolute Gasteiger partial charge is 0.340 e. The summed E-state index contributed by atoms with van der Waals surface area (Å²) in [5, 5.41) is 1.15. The lowest BCUT2D eigenvalue weighted by atomic mass is 9.83. The highest BCUT2D eigenvalue weighted by atomic mass is 35.5. The van der Waals surface area contributed by atoms with Crippen molar-refractivity contribution in [3.8, 4) is 5.75 Å². The van der Waals surface area contributed by atoms with Gasteiger partial charge in [0.25, 0.3) is 0 Å². The summed E-state index contributed by atoms with van der Waals surface area (Å²) < 4.78 is 16.6. The molecular weight excluding hydrogens is 426 g/mol. The zero-order valence-electron chi connectivity index (χ0n) is 16.0. The lowest BCUT2D eigenvalue weighted by Crippen LogP contribution is -2.31. The average molecular weight is 444 g/mol. The number of rotatable bonds is 5. The summed E-state index contributed by atoms with van der Waals surface area (Å²) in [6.07, 6.45) is 0. The summed E-state index contributed by atoms with van der Waals surface area (Å²) in [5.41, 5.74) is 7.14. The van der Waals surface area contributed by atoms with Gasteiger partial charge in [0.1, 0.15) is 17.9 Å². The first-order valence-corrected chi connectivity index (χ1v) is 10.4. The summed E-state index contributed by atoms with van der Waals surface area (Å²) in [4.78, 5) is 26.1. The fourth-order valence-electron chi connectivity index (χ4n) is 3.48. The van der Waals surface area contributed by atoms with Crippen molar-refractivity contribution in [3.63, 3.8) is 0 Å². The average Bonchev–Trinajstić information content (AvgIpc) is 2.73. The largest absolute Gasteiger partial charge is 0.460 e. The van der Waals surface area contributed by atoms with Gasteiger partial charge >= 0.3 is 5.97 Å². The summed E-state index contributed by atoms with van der Waals surface area (Å²) in [6.45, 7) is 0.269. The van der Waals surface area contributed by atoms with E-state index in [4.69, 9.17) is 31.5 Å². The second-order valence-electron chi connectivity index (χ2n) is 6.59. The van der Waals surface area contributed by atoms with Crippen LogP contribution in [0.5, 0.6) is 5.75 Å². The predicted molar refractivity (Wildman–Crippen MR) is 116 cm³/mol. The zero-order chi connectivity index (χ0) is 21.3. The molecule has 4 rings (SSSR count). The minimum atomic E-state index is -0.814. The van der Waals surface area contributed by atoms with Crippen molar-refractivity contribution in [1.82, 2.24) is 0 Å². The molecule has 1 aliphatic heterocycles. The van der Waals surface area contributed by atoms with Crippen LogP contribution in [0.15, 0.2) is 64.8 Å². The number of fused-ring (bicyclic) bond motifs is 3. The van der Waals surface area contributed by atoms with Crippen LogP contribution in [0.3, 0.4) is 0 Å². The molecule has 0 aliphatic carbocycles. The summed E-state index contributed by atoms with van der Waals surface area (Å²) in [5.74, 6) is -1.27. The number of carbonyl (C=O) groups is 1. The van der Waals surface area contributed by atoms with E-state index in [1.165, 1.54) is 7.11 Å². The van der Waals surface area contributed by atoms with E-state index in [0.29, 0.717) is 21.9 Å². The molecule has 0 saturated heterocycles. The Morgan fingerprint density at radius 3 is 2.67 bits per heavy atom. The van der Waals surface area contributed by atoms with Crippen LogP contribution < -0.4 is 15.2 Å². The Balaban J connectivity index is 1.96. The number of hydrogen-bond donors (Lipinski definition) is 1. The monoisotopic (exact) mass is 443 g/mol. The molecule has 8 heteroatoms. The Bertz CT molecular complexity index is 1220. The molecule has 2 N–H and O–H groups in total. The molecule has 0 amide bonds. The van der Waals surface area contributed by atoms with Gasteiger partial charge < -0.3 is 19.9 Å². The van der Waals surface area contributed by atoms with Crippen LogP contribution in [-0.4, -0.2) is 26.3 Å². The molecular formula is C22H18ClNO5S. The first-order chi connectivity index (χ1) is 14.5. The number of carbonyl (C=O) groups excluding carboxylic acids is 1. The quantitative estimate of drug-likeness (QED) is 0.476. The second-order valence-corrected chi connectivity index (χ2v) is 8.01. The summed E-state index contributed by atoms with van der Waals surface area (Å²) in [6, 6.07) is 14.4. The molecule has 1 unspecified atom stereocenters. The number of benzene rings is 2. The highest BCUT2D eigenvalue weighted by Crippen LogP contribution is 2.46. The molecule has 1 aliphatic rings. The van der Waals surface area contributed by atoms with E-state index < -0.39 is 11.9 Å². The van der Waals surface area contributed by atoms with Gasteiger partial charge in [-0.2, -0.15) is 0 Å². The molecule has 2 heterocycles. The lowest BCUT2D eigenvalue weighted by Gasteiger charge is -2.29. The van der Waals surface area contributed by atoms with Crippen molar-refractivity contribution in [2.45, 2.75) is 5.92 Å². The highest BCUT2D eigenvalue weighted by molar-refractivity contribution is 7.16. The van der Waals surface area contributed by atoms with E-state index in [9.17, 15) is 9.59 Å². The van der Waals surface area contributed by atoms with Crippen LogP contribution in [0.25, 0.3) is 10.1 Å². The SMILES string of the molecule is COCCOC(=O)C1=C(N)Oc2c(c(=O)sc3ccccc23)C1c1ccccc1Cl. The predicted octanol–water partition coefficient (Wildman–Crippen LogP) is 3.80. The summed E-state index contributed by atoms with van der Waals surface area (Å²) >= 11 is 7.55. The lowest BCUT2D eigenvalue weighted by molar-refractivity contribution is -0.140. The molecule has 0 radical (unpaired) electrons. The van der Waals surface area contributed by atoms with Crippen LogP contribution in [0.1, 0.15) is 17.0 Å². The van der Waals surface area contributed by atoms with Gasteiger partial charge in [0.2, 0.25) is 10.6 Å². The fraction of sp³-hybridized carbons (Fsp3) is 0.182. The summed E-state index contributed by atoms with van der Waals surface area (Å²) in [7, 11) is 1.50. The normalized spacial score (nSPS) is 15.6. The Morgan fingerprint density at radius 1 is 1.17 bits per heavy atom. The Morgan fingerprint density at radius 2 is 1.90 bits per heavy atom. The van der Waals surface area contributed by atoms with Crippen molar-refractivity contribution in [3.05, 3.63) is 85.7 Å². The Hall–Kier alpha value is -2.87. The van der Waals surface area contributed by atoms with Gasteiger partial charge in [0.05, 0.1) is 18.1 Å². The molecule has 30 heavy (non-hydrogen) atoms. The molecule has 3 aromatic rings. The van der Waals surface area contributed by atoms with Gasteiger partial charge in [0, 0.05) is 22.2 Å². The number of ether oxygens (including phenoxy) is 3. The third-order valence-electron chi connectivity index (χ3n) is 4.81. The van der Waals surface area contributed by atoms with Crippen LogP contribution in [0.4, 0.5) is 0 Å². The first-order valence-electron chi connectivity index (χ1n) is 9.16. The van der Waals surface area contributed by atoms with E-state index in [1.807, 2.05) is 24.3 Å². The van der Waals surface area contributed by atoms with E-state index in [1.54, 1.807) is 24.3 Å². The van der Waals surface area contributed by atoms with Crippen molar-refractivity contribution in [2.75, 3.05) is 20.3 Å². The van der Waals surface area contributed by atoms with Gasteiger partial charge in [-0.05, 0) is 23.8 Å². The number of hydrogen-bond acceptors (Lipinski definition) is 7. The highest BCUT2D eigenvalue weighted by Gasteiger charge is 2.39. The number of halogens is 1. The molecule has 0 bridgehead atoms. The van der Waals surface area contributed by atoms with Gasteiger partial charge in [-0.15, -0.1) is 0 Å². The fourth-order valence-corrected chi connectivity index (χ4v) is 4.66. The topological polar surface area (TPSA) is 87.8 Å². The third-order valence-corrected chi connectivity index (χ3v) is 6.14. The van der Waals surface area contributed by atoms with Gasteiger partial charge in [-0.25, -0.2) is 4.79 Å². The molecule has 0 saturated carbocycles. The first kappa shape index (κ1) is 20.4. The Kier molecular flexibility index (Phi) is 5.76. The van der Waals surface area contributed by atoms with Crippen molar-refractivity contribution < 1.29 is 19.0 Å². The van der Waals surface area contributed by atoms with Crippen molar-refractivity contribution in [2.24, 2.45) is 5.73 Å². The molecule has 0 spiro atoms. The number of nitrogens with two attached hydrogens (primary N) is 1. The van der Waals surface area contributed by atoms with Crippen LogP contribution in [-0.2, 0) is 14.3 Å². The number of esters is 1. The molecule has 6 nitrogen and oxygen atoms in total. The molecule has 1 aromatic heterocycles. The molecule has 0 fully saturated rings. The van der Waals surface area contributed by atoms with E-state index in [0.717, 1.165) is 21.4 Å². The molecule has 1 atom stereocenters. The maximum Gasteiger partial charge on any atom is 0.340 e. The van der Waals surface area contributed by atoms with E-state index in [-0.39, 0.29) is 29.4 Å². The third kappa shape index (κ3) is 3.56. The van der Waals surface area contributed by atoms with Gasteiger partial charge in [0.15, 0.2) is 0 Å². The Labute approximate surface area is 181 Å². The van der Waals surface area contributed by atoms with Crippen LogP contribution in [0.2, 0.25) is 5.02 Å². The molecule has 2 aromatic carbocycles. The second kappa shape index (κ2) is 8.47. The maximum atomic E-state index is 13.2. The van der Waals surface area contributed by atoms with Crippen molar-refractivity contribution in [1.29, 1.82) is 0 Å². The standard InChI is InChI=1S/C22H18ClNO5S/c1-27-10-11-28-21(25)18-16(12-6-2-4-8-14(12)23)17-19(29-20(18)24)13-7-3-5-9-15(13)30-22(17)26/h2-9,16H,10-11,24H2,1H3. The van der Waals surface area contributed by atoms with Gasteiger partial charge in [-0.3, -0.25) is 4.79 Å². The van der Waals surface area contributed by atoms with E-state index >= 15 is 0 Å².